The van der Waals surface area contributed by atoms with Crippen molar-refractivity contribution in [1.82, 2.24) is 10.2 Å². The summed E-state index contributed by atoms with van der Waals surface area (Å²) in [6, 6.07) is 5.66. The molecule has 0 bridgehead atoms. The molecule has 0 aliphatic heterocycles. The van der Waals surface area contributed by atoms with Gasteiger partial charge >= 0.3 is 0 Å². The number of H-pyrrole nitrogens is 1. The first-order valence-electron chi connectivity index (χ1n) is 4.35. The highest BCUT2D eigenvalue weighted by molar-refractivity contribution is 9.10. The lowest BCUT2D eigenvalue weighted by atomic mass is 10.1. The van der Waals surface area contributed by atoms with Crippen molar-refractivity contribution in [2.75, 3.05) is 5.73 Å². The largest absolute Gasteiger partial charge is 0.382 e. The molecule has 1 aromatic carbocycles. The number of aromatic nitrogens is 2. The molecule has 3 N–H and O–H groups in total. The first-order valence-corrected chi connectivity index (χ1v) is 5.52. The van der Waals surface area contributed by atoms with Gasteiger partial charge in [-0.3, -0.25) is 5.10 Å². The van der Waals surface area contributed by atoms with E-state index < -0.39 is 0 Å². The van der Waals surface area contributed by atoms with Crippen LogP contribution in [0.5, 0.6) is 0 Å². The maximum Gasteiger partial charge on any atom is 0.148 e. The molecule has 0 spiro atoms. The minimum absolute atomic E-state index is 0.515. The quantitative estimate of drug-likeness (QED) is 0.844. The average molecular weight is 287 g/mol. The number of benzene rings is 1. The van der Waals surface area contributed by atoms with Crippen molar-refractivity contribution in [3.63, 3.8) is 0 Å². The van der Waals surface area contributed by atoms with Crippen molar-refractivity contribution in [3.05, 3.63) is 33.3 Å². The zero-order chi connectivity index (χ0) is 11.0. The number of anilines is 1. The van der Waals surface area contributed by atoms with Gasteiger partial charge in [0.15, 0.2) is 0 Å². The topological polar surface area (TPSA) is 54.7 Å². The monoisotopic (exact) mass is 285 g/mol. The molecule has 1 heterocycles. The highest BCUT2D eigenvalue weighted by Crippen LogP contribution is 2.29. The molecule has 5 heteroatoms. The summed E-state index contributed by atoms with van der Waals surface area (Å²) in [7, 11) is 0. The van der Waals surface area contributed by atoms with E-state index in [0.717, 1.165) is 21.3 Å². The van der Waals surface area contributed by atoms with E-state index in [1.165, 1.54) is 0 Å². The fourth-order valence-electron chi connectivity index (χ4n) is 1.39. The highest BCUT2D eigenvalue weighted by Gasteiger charge is 2.09. The van der Waals surface area contributed by atoms with Gasteiger partial charge in [-0.1, -0.05) is 27.5 Å². The third-order valence-electron chi connectivity index (χ3n) is 2.20. The third kappa shape index (κ3) is 2.01. The number of hydrogen-bond donors (Lipinski definition) is 2. The predicted molar refractivity (Wildman–Crippen MR) is 65.9 cm³/mol. The Morgan fingerprint density at radius 3 is 2.67 bits per heavy atom. The number of nitrogens with two attached hydrogens (primary N) is 1. The molecule has 0 unspecified atom stereocenters. The van der Waals surface area contributed by atoms with E-state index in [-0.39, 0.29) is 0 Å². The first-order chi connectivity index (χ1) is 7.08. The lowest BCUT2D eigenvalue weighted by molar-refractivity contribution is 1.10. The molecule has 0 fully saturated rings. The molecule has 0 aliphatic rings. The Morgan fingerprint density at radius 2 is 2.13 bits per heavy atom. The van der Waals surface area contributed by atoms with Gasteiger partial charge in [-0.2, -0.15) is 5.10 Å². The van der Waals surface area contributed by atoms with Crippen molar-refractivity contribution in [1.29, 1.82) is 0 Å². The Hall–Kier alpha value is -1.000. The fraction of sp³-hybridized carbons (Fsp3) is 0.100. The predicted octanol–water partition coefficient (Wildman–Crippen LogP) is 3.38. The summed E-state index contributed by atoms with van der Waals surface area (Å²) in [5, 5.41) is 7.51. The molecule has 0 radical (unpaired) electrons. The minimum atomic E-state index is 0.515. The molecule has 78 valence electrons. The molecular formula is C10H9BrClN3. The van der Waals surface area contributed by atoms with Crippen molar-refractivity contribution in [2.24, 2.45) is 0 Å². The van der Waals surface area contributed by atoms with Gasteiger partial charge in [0.25, 0.3) is 0 Å². The number of nitrogens with zero attached hydrogens (tertiary/aromatic N) is 1. The van der Waals surface area contributed by atoms with Crippen LogP contribution in [0, 0.1) is 6.92 Å². The minimum Gasteiger partial charge on any atom is -0.382 e. The Labute approximate surface area is 101 Å². The van der Waals surface area contributed by atoms with Gasteiger partial charge in [-0.15, -0.1) is 0 Å². The van der Waals surface area contributed by atoms with Crippen LogP contribution in [-0.2, 0) is 0 Å². The van der Waals surface area contributed by atoms with Crippen molar-refractivity contribution >= 4 is 33.3 Å². The standard InChI is InChI=1S/C10H9BrClN3/c1-5-9(14-15-10(5)13)6-2-7(11)4-8(12)3-6/h2-4H,1H3,(H3,13,14,15). The summed E-state index contributed by atoms with van der Waals surface area (Å²) in [5.41, 5.74) is 8.47. The van der Waals surface area contributed by atoms with Gasteiger partial charge in [-0.25, -0.2) is 0 Å². The zero-order valence-electron chi connectivity index (χ0n) is 8.01. The Balaban J connectivity index is 2.58. The highest BCUT2D eigenvalue weighted by atomic mass is 79.9. The second-order valence-corrected chi connectivity index (χ2v) is 4.62. The molecule has 2 aromatic rings. The van der Waals surface area contributed by atoms with Crippen LogP contribution in [0.15, 0.2) is 22.7 Å². The molecule has 15 heavy (non-hydrogen) atoms. The number of halogens is 2. The van der Waals surface area contributed by atoms with Gasteiger partial charge in [0.2, 0.25) is 0 Å². The van der Waals surface area contributed by atoms with Gasteiger partial charge < -0.3 is 5.73 Å². The average Bonchev–Trinajstić information content (AvgIpc) is 2.46. The number of hydrogen-bond acceptors (Lipinski definition) is 2. The molecule has 0 atom stereocenters. The molecule has 0 amide bonds. The third-order valence-corrected chi connectivity index (χ3v) is 2.87. The smallest absolute Gasteiger partial charge is 0.148 e. The zero-order valence-corrected chi connectivity index (χ0v) is 10.4. The number of nitrogens with one attached hydrogen (secondary N) is 1. The van der Waals surface area contributed by atoms with Crippen LogP contribution in [-0.4, -0.2) is 10.2 Å². The van der Waals surface area contributed by atoms with Crippen molar-refractivity contribution < 1.29 is 0 Å². The van der Waals surface area contributed by atoms with E-state index in [1.807, 2.05) is 25.1 Å². The van der Waals surface area contributed by atoms with E-state index in [2.05, 4.69) is 26.1 Å². The van der Waals surface area contributed by atoms with E-state index in [4.69, 9.17) is 17.3 Å². The van der Waals surface area contributed by atoms with Gasteiger partial charge in [0.1, 0.15) is 5.82 Å². The summed E-state index contributed by atoms with van der Waals surface area (Å²) < 4.78 is 0.928. The van der Waals surface area contributed by atoms with E-state index in [9.17, 15) is 0 Å². The Morgan fingerprint density at radius 1 is 1.40 bits per heavy atom. The maximum absolute atomic E-state index is 5.96. The summed E-state index contributed by atoms with van der Waals surface area (Å²) in [6.45, 7) is 1.92. The van der Waals surface area contributed by atoms with Gasteiger partial charge in [0.05, 0.1) is 5.69 Å². The van der Waals surface area contributed by atoms with E-state index in [1.54, 1.807) is 0 Å². The van der Waals surface area contributed by atoms with Gasteiger partial charge in [-0.05, 0) is 25.1 Å². The molecule has 2 rings (SSSR count). The first kappa shape index (κ1) is 10.5. The summed E-state index contributed by atoms with van der Waals surface area (Å²) in [6.07, 6.45) is 0. The molecule has 0 saturated heterocycles. The molecule has 0 saturated carbocycles. The number of nitrogen functional groups attached to an aromatic ring is 1. The second-order valence-electron chi connectivity index (χ2n) is 3.27. The van der Waals surface area contributed by atoms with Crippen LogP contribution in [0.25, 0.3) is 11.3 Å². The van der Waals surface area contributed by atoms with Crippen molar-refractivity contribution in [3.8, 4) is 11.3 Å². The van der Waals surface area contributed by atoms with E-state index >= 15 is 0 Å². The lowest BCUT2D eigenvalue weighted by Crippen LogP contribution is -1.86. The normalized spacial score (nSPS) is 10.6. The van der Waals surface area contributed by atoms with Crippen LogP contribution in [0.4, 0.5) is 5.82 Å². The van der Waals surface area contributed by atoms with Crippen molar-refractivity contribution in [2.45, 2.75) is 6.92 Å². The maximum atomic E-state index is 5.96. The number of aromatic amines is 1. The molecule has 0 aliphatic carbocycles. The Bertz CT molecular complexity index is 487. The SMILES string of the molecule is Cc1c(N)n[nH]c1-c1cc(Cl)cc(Br)c1. The molecular weight excluding hydrogens is 277 g/mol. The lowest BCUT2D eigenvalue weighted by Gasteiger charge is -2.01. The summed E-state index contributed by atoms with van der Waals surface area (Å²) >= 11 is 9.36. The van der Waals surface area contributed by atoms with Gasteiger partial charge in [0, 0.05) is 20.6 Å². The van der Waals surface area contributed by atoms with Crippen LogP contribution < -0.4 is 5.73 Å². The van der Waals surface area contributed by atoms with Crippen LogP contribution in [0.1, 0.15) is 5.56 Å². The Kier molecular flexibility index (Phi) is 2.71. The van der Waals surface area contributed by atoms with E-state index in [0.29, 0.717) is 10.8 Å². The van der Waals surface area contributed by atoms with Crippen LogP contribution >= 0.6 is 27.5 Å². The van der Waals surface area contributed by atoms with Crippen LogP contribution in [0.2, 0.25) is 5.02 Å². The second kappa shape index (κ2) is 3.87. The summed E-state index contributed by atoms with van der Waals surface area (Å²) in [5.74, 6) is 0.515. The molecule has 1 aromatic heterocycles. The van der Waals surface area contributed by atoms with Crippen LogP contribution in [0.3, 0.4) is 0 Å². The number of rotatable bonds is 1. The summed E-state index contributed by atoms with van der Waals surface area (Å²) in [4.78, 5) is 0. The fourth-order valence-corrected chi connectivity index (χ4v) is 2.25. The molecule has 3 nitrogen and oxygen atoms in total.